The minimum atomic E-state index is -3.38. The fourth-order valence-electron chi connectivity index (χ4n) is 3.48. The molecule has 9 heteroatoms. The Bertz CT molecular complexity index is 1260. The molecule has 0 unspecified atom stereocenters. The standard InChI is InChI=1S/C21H18ClNO6S/c1-30(26,27)23-8-2-3-13-9-14(4-6-17(13)23)18(24)12-28-21(25)20-11-15-10-16(22)5-7-19(15)29-20/h4-7,9-11H,2-3,8,12H2,1H3. The van der Waals surface area contributed by atoms with Gasteiger partial charge in [-0.1, -0.05) is 11.6 Å². The van der Waals surface area contributed by atoms with Gasteiger partial charge in [-0.25, -0.2) is 13.2 Å². The second-order valence-corrected chi connectivity index (χ2v) is 9.42. The maximum atomic E-state index is 12.5. The molecular formula is C21H18ClNO6S. The molecule has 30 heavy (non-hydrogen) atoms. The van der Waals surface area contributed by atoms with Gasteiger partial charge in [0.2, 0.25) is 15.8 Å². The Balaban J connectivity index is 1.46. The highest BCUT2D eigenvalue weighted by atomic mass is 35.5. The largest absolute Gasteiger partial charge is 0.451 e. The van der Waals surface area contributed by atoms with Crippen molar-refractivity contribution < 1.29 is 27.2 Å². The third kappa shape index (κ3) is 4.06. The third-order valence-electron chi connectivity index (χ3n) is 4.89. The lowest BCUT2D eigenvalue weighted by Crippen LogP contribution is -2.34. The topological polar surface area (TPSA) is 93.9 Å². The number of sulfonamides is 1. The smallest absolute Gasteiger partial charge is 0.374 e. The molecule has 0 saturated heterocycles. The van der Waals surface area contributed by atoms with E-state index in [1.54, 1.807) is 36.4 Å². The zero-order chi connectivity index (χ0) is 21.5. The quantitative estimate of drug-likeness (QED) is 0.435. The van der Waals surface area contributed by atoms with Gasteiger partial charge in [0, 0.05) is 22.5 Å². The molecule has 0 radical (unpaired) electrons. The summed E-state index contributed by atoms with van der Waals surface area (Å²) in [6.45, 7) is -0.0370. The van der Waals surface area contributed by atoms with Gasteiger partial charge >= 0.3 is 5.97 Å². The number of ether oxygens (including phenoxy) is 1. The molecule has 0 amide bonds. The van der Waals surface area contributed by atoms with Crippen molar-refractivity contribution in [3.63, 3.8) is 0 Å². The molecule has 2 heterocycles. The number of furan rings is 1. The van der Waals surface area contributed by atoms with Gasteiger partial charge in [-0.2, -0.15) is 0 Å². The number of rotatable bonds is 5. The second-order valence-electron chi connectivity index (χ2n) is 7.07. The van der Waals surface area contributed by atoms with Gasteiger partial charge in [-0.15, -0.1) is 0 Å². The molecule has 0 bridgehead atoms. The Hall–Kier alpha value is -2.84. The molecule has 3 aromatic rings. The lowest BCUT2D eigenvalue weighted by molar-refractivity contribution is 0.0446. The molecular weight excluding hydrogens is 430 g/mol. The zero-order valence-electron chi connectivity index (χ0n) is 16.1. The van der Waals surface area contributed by atoms with Crippen LogP contribution in [0.25, 0.3) is 11.0 Å². The van der Waals surface area contributed by atoms with Crippen LogP contribution in [0, 0.1) is 0 Å². The van der Waals surface area contributed by atoms with Crippen molar-refractivity contribution in [3.8, 4) is 0 Å². The van der Waals surface area contributed by atoms with Crippen LogP contribution in [0.15, 0.2) is 46.9 Å². The van der Waals surface area contributed by atoms with E-state index in [1.165, 1.54) is 10.4 Å². The number of carbonyl (C=O) groups is 2. The Morgan fingerprint density at radius 1 is 1.17 bits per heavy atom. The van der Waals surface area contributed by atoms with Gasteiger partial charge in [-0.3, -0.25) is 9.10 Å². The van der Waals surface area contributed by atoms with Crippen LogP contribution < -0.4 is 4.31 Å². The molecule has 1 aliphatic rings. The first-order valence-electron chi connectivity index (χ1n) is 9.22. The van der Waals surface area contributed by atoms with E-state index in [9.17, 15) is 18.0 Å². The average molecular weight is 448 g/mol. The van der Waals surface area contributed by atoms with E-state index < -0.39 is 22.6 Å². The van der Waals surface area contributed by atoms with Gasteiger partial charge in [0.25, 0.3) is 0 Å². The van der Waals surface area contributed by atoms with Crippen LogP contribution in [0.3, 0.4) is 0 Å². The number of benzene rings is 2. The lowest BCUT2D eigenvalue weighted by atomic mass is 9.99. The van der Waals surface area contributed by atoms with E-state index in [4.69, 9.17) is 20.8 Å². The first-order valence-corrected chi connectivity index (χ1v) is 11.4. The molecule has 0 spiro atoms. The van der Waals surface area contributed by atoms with Gasteiger partial charge < -0.3 is 9.15 Å². The Kier molecular flexibility index (Phi) is 5.29. The highest BCUT2D eigenvalue weighted by Crippen LogP contribution is 2.30. The number of hydrogen-bond acceptors (Lipinski definition) is 6. The normalized spacial score (nSPS) is 13.9. The molecule has 0 aliphatic carbocycles. The number of Topliss-reactive ketones (excluding diaryl/α,β-unsaturated/α-hetero) is 1. The Morgan fingerprint density at radius 3 is 2.73 bits per heavy atom. The molecule has 0 fully saturated rings. The Morgan fingerprint density at radius 2 is 1.97 bits per heavy atom. The van der Waals surface area contributed by atoms with Gasteiger partial charge in [0.15, 0.2) is 12.4 Å². The van der Waals surface area contributed by atoms with Crippen molar-refractivity contribution in [2.75, 3.05) is 23.7 Å². The molecule has 0 N–H and O–H groups in total. The summed E-state index contributed by atoms with van der Waals surface area (Å²) in [4.78, 5) is 24.8. The van der Waals surface area contributed by atoms with Crippen molar-refractivity contribution in [2.24, 2.45) is 0 Å². The molecule has 1 aromatic heterocycles. The highest BCUT2D eigenvalue weighted by molar-refractivity contribution is 7.92. The number of esters is 1. The van der Waals surface area contributed by atoms with Crippen molar-refractivity contribution in [2.45, 2.75) is 12.8 Å². The average Bonchev–Trinajstić information content (AvgIpc) is 3.13. The van der Waals surface area contributed by atoms with Crippen LogP contribution in [0.1, 0.15) is 32.9 Å². The summed E-state index contributed by atoms with van der Waals surface area (Å²) in [6.07, 6.45) is 2.50. The van der Waals surface area contributed by atoms with Gasteiger partial charge in [-0.05, 0) is 60.9 Å². The van der Waals surface area contributed by atoms with E-state index in [2.05, 4.69) is 0 Å². The number of hydrogen-bond donors (Lipinski definition) is 0. The number of ketones is 1. The highest BCUT2D eigenvalue weighted by Gasteiger charge is 2.25. The minimum Gasteiger partial charge on any atom is -0.451 e. The maximum absolute atomic E-state index is 12.5. The molecule has 1 aliphatic heterocycles. The van der Waals surface area contributed by atoms with Crippen molar-refractivity contribution >= 4 is 50.0 Å². The van der Waals surface area contributed by atoms with Crippen LogP contribution in [-0.2, 0) is 21.2 Å². The summed E-state index contributed by atoms with van der Waals surface area (Å²) in [5.74, 6) is -1.16. The summed E-state index contributed by atoms with van der Waals surface area (Å²) >= 11 is 5.92. The van der Waals surface area contributed by atoms with Crippen LogP contribution in [-0.4, -0.2) is 39.6 Å². The number of halogens is 1. The molecule has 0 saturated carbocycles. The summed E-state index contributed by atoms with van der Waals surface area (Å²) in [5.41, 5.74) is 2.20. The van der Waals surface area contributed by atoms with Crippen molar-refractivity contribution in [1.29, 1.82) is 0 Å². The number of anilines is 1. The summed E-state index contributed by atoms with van der Waals surface area (Å²) < 4.78 is 35.8. The lowest BCUT2D eigenvalue weighted by Gasteiger charge is -2.29. The monoisotopic (exact) mass is 447 g/mol. The number of aryl methyl sites for hydroxylation is 1. The maximum Gasteiger partial charge on any atom is 0.374 e. The number of nitrogens with zero attached hydrogens (tertiary/aromatic N) is 1. The van der Waals surface area contributed by atoms with E-state index in [-0.39, 0.29) is 11.5 Å². The van der Waals surface area contributed by atoms with Crippen molar-refractivity contribution in [3.05, 3.63) is 64.4 Å². The second kappa shape index (κ2) is 7.77. The minimum absolute atomic E-state index is 0.0192. The van der Waals surface area contributed by atoms with Gasteiger partial charge in [0.05, 0.1) is 11.9 Å². The number of fused-ring (bicyclic) bond motifs is 2. The Labute approximate surface area is 178 Å². The van der Waals surface area contributed by atoms with Crippen LogP contribution in [0.2, 0.25) is 5.02 Å². The fraction of sp³-hybridized carbons (Fsp3) is 0.238. The molecule has 156 valence electrons. The predicted octanol–water partition coefficient (Wildman–Crippen LogP) is 3.84. The van der Waals surface area contributed by atoms with Crippen LogP contribution in [0.4, 0.5) is 5.69 Å². The number of carbonyl (C=O) groups excluding carboxylic acids is 2. The predicted molar refractivity (Wildman–Crippen MR) is 113 cm³/mol. The van der Waals surface area contributed by atoms with E-state index in [1.807, 2.05) is 0 Å². The summed E-state index contributed by atoms with van der Waals surface area (Å²) in [6, 6.07) is 11.3. The van der Waals surface area contributed by atoms with Gasteiger partial charge in [0.1, 0.15) is 5.58 Å². The van der Waals surface area contributed by atoms with E-state index in [0.717, 1.165) is 11.8 Å². The third-order valence-corrected chi connectivity index (χ3v) is 6.31. The summed E-state index contributed by atoms with van der Waals surface area (Å²) in [5, 5.41) is 1.17. The first kappa shape index (κ1) is 20.4. The molecule has 2 aromatic carbocycles. The van der Waals surface area contributed by atoms with Crippen LogP contribution in [0.5, 0.6) is 0 Å². The van der Waals surface area contributed by atoms with Crippen LogP contribution >= 0.6 is 11.6 Å². The SMILES string of the molecule is CS(=O)(=O)N1CCCc2cc(C(=O)COC(=O)c3cc4cc(Cl)ccc4o3)ccc21. The first-order chi connectivity index (χ1) is 14.2. The molecule has 4 rings (SSSR count). The molecule has 7 nitrogen and oxygen atoms in total. The summed E-state index contributed by atoms with van der Waals surface area (Å²) in [7, 11) is -3.38. The molecule has 0 atom stereocenters. The van der Waals surface area contributed by atoms with Crippen molar-refractivity contribution in [1.82, 2.24) is 0 Å². The fourth-order valence-corrected chi connectivity index (χ4v) is 4.66. The van der Waals surface area contributed by atoms with E-state index in [0.29, 0.717) is 46.6 Å². The van der Waals surface area contributed by atoms with E-state index >= 15 is 0 Å². The zero-order valence-corrected chi connectivity index (χ0v) is 17.6.